The molecule has 5 N–H and O–H groups in total. The van der Waals surface area contributed by atoms with Crippen molar-refractivity contribution in [1.82, 2.24) is 0 Å². The van der Waals surface area contributed by atoms with Crippen molar-refractivity contribution in [2.75, 3.05) is 6.61 Å². The number of thioether (sulfide) groups is 1. The molecule has 0 amide bonds. The fourth-order valence-electron chi connectivity index (χ4n) is 0.993. The van der Waals surface area contributed by atoms with Crippen LogP contribution in [0, 0.1) is 0 Å². The minimum atomic E-state index is -2.29. The van der Waals surface area contributed by atoms with Gasteiger partial charge in [-0.3, -0.25) is 0 Å². The number of rotatable bonds is 1. The Labute approximate surface area is 75.1 Å². The summed E-state index contributed by atoms with van der Waals surface area (Å²) >= 11 is 0.521. The first kappa shape index (κ1) is 8.74. The molecule has 0 aromatic carbocycles. The molecule has 0 saturated carbocycles. The van der Waals surface area contributed by atoms with Gasteiger partial charge >= 0.3 is 0 Å². The van der Waals surface area contributed by atoms with E-state index in [2.05, 4.69) is 0 Å². The van der Waals surface area contributed by atoms with Crippen LogP contribution in [0.5, 0.6) is 0 Å². The summed E-state index contributed by atoms with van der Waals surface area (Å²) in [6.07, 6.45) is -4.69. The van der Waals surface area contributed by atoms with Crippen LogP contribution in [0.15, 0.2) is 0 Å². The first-order valence-corrected chi connectivity index (χ1v) is 4.33. The third-order valence-corrected chi connectivity index (χ3v) is 2.97. The molecular weight excluding hydrogens is 184 g/mol. The van der Waals surface area contributed by atoms with Crippen molar-refractivity contribution in [2.24, 2.45) is 0 Å². The molecule has 0 radical (unpaired) electrons. The van der Waals surface area contributed by atoms with Crippen molar-refractivity contribution >= 4 is 11.8 Å². The topological polar surface area (TPSA) is 101 Å². The van der Waals surface area contributed by atoms with E-state index in [4.69, 9.17) is 11.6 Å². The van der Waals surface area contributed by atoms with Gasteiger partial charge in [0, 0.05) is 0 Å². The molecule has 0 aromatic heterocycles. The predicted molar refractivity (Wildman–Crippen MR) is 42.5 cm³/mol. The smallest absolute Gasteiger partial charge is 0.128 e. The minimum Gasteiger partial charge on any atom is -0.395 e. The minimum absolute atomic E-state index is 0.475. The molecule has 1 fully saturated rings. The van der Waals surface area contributed by atoms with Crippen LogP contribution in [0.2, 0.25) is 0 Å². The zero-order chi connectivity index (χ0) is 10.2. The highest BCUT2D eigenvalue weighted by molar-refractivity contribution is 8.00. The Balaban J connectivity index is 2.79. The van der Waals surface area contributed by atoms with Crippen LogP contribution in [-0.4, -0.2) is 61.1 Å². The van der Waals surface area contributed by atoms with Gasteiger partial charge in [0.15, 0.2) is 0 Å². The molecule has 6 heteroatoms. The number of aliphatic hydroxyl groups is 5. The Morgan fingerprint density at radius 2 is 1.67 bits per heavy atom. The van der Waals surface area contributed by atoms with Gasteiger partial charge in [-0.05, 0) is 0 Å². The molecule has 72 valence electrons. The summed E-state index contributed by atoms with van der Waals surface area (Å²) in [4.78, 5) is 0. The van der Waals surface area contributed by atoms with Crippen molar-refractivity contribution in [3.8, 4) is 0 Å². The van der Waals surface area contributed by atoms with Gasteiger partial charge in [0.2, 0.25) is 0 Å². The van der Waals surface area contributed by atoms with Gasteiger partial charge in [-0.2, -0.15) is 0 Å². The van der Waals surface area contributed by atoms with Gasteiger partial charge in [-0.25, -0.2) is 0 Å². The number of hydrogen-bond acceptors (Lipinski definition) is 6. The van der Waals surface area contributed by atoms with Gasteiger partial charge < -0.3 is 25.5 Å². The first-order valence-electron chi connectivity index (χ1n) is 3.95. The second kappa shape index (κ2) is 3.91. The monoisotopic (exact) mass is 197 g/mol. The maximum Gasteiger partial charge on any atom is 0.128 e. The largest absolute Gasteiger partial charge is 0.395 e. The predicted octanol–water partition coefficient (Wildman–Crippen LogP) is -2.50. The van der Waals surface area contributed by atoms with E-state index in [1.807, 2.05) is 0 Å². The van der Waals surface area contributed by atoms with Gasteiger partial charge in [-0.15, -0.1) is 11.8 Å². The van der Waals surface area contributed by atoms with E-state index in [1.165, 1.54) is 0 Å². The highest BCUT2D eigenvalue weighted by atomic mass is 32.2. The molecule has 1 unspecified atom stereocenters. The Morgan fingerprint density at radius 3 is 2.17 bits per heavy atom. The van der Waals surface area contributed by atoms with Crippen molar-refractivity contribution in [3.63, 3.8) is 0 Å². The quantitative estimate of drug-likeness (QED) is 0.318. The van der Waals surface area contributed by atoms with Crippen molar-refractivity contribution < 1.29 is 26.9 Å². The molecule has 5 nitrogen and oxygen atoms in total. The molecule has 0 aromatic rings. The average molecular weight is 197 g/mol. The summed E-state index contributed by atoms with van der Waals surface area (Å²) in [5.41, 5.74) is -2.29. The van der Waals surface area contributed by atoms with Crippen LogP contribution in [-0.2, 0) is 0 Å². The maximum absolute atomic E-state index is 9.25. The summed E-state index contributed by atoms with van der Waals surface area (Å²) in [5.74, 6) is 0. The van der Waals surface area contributed by atoms with E-state index >= 15 is 0 Å². The van der Waals surface area contributed by atoms with E-state index in [-0.39, 0.29) is 0 Å². The van der Waals surface area contributed by atoms with Crippen LogP contribution in [0.25, 0.3) is 0 Å². The van der Waals surface area contributed by atoms with E-state index in [0.717, 1.165) is 0 Å². The standard InChI is InChI=1S/C6H12O5S/c7-1-2-3(8)4(9)5(10)6(11)12-2/h2-11H,1H2/t2-,3-,4+,5-,6?/m1/s1/i6D. The van der Waals surface area contributed by atoms with E-state index < -0.39 is 35.6 Å². The second-order valence-corrected chi connectivity index (χ2v) is 3.86. The van der Waals surface area contributed by atoms with Gasteiger partial charge in [0.05, 0.1) is 19.3 Å². The fourth-order valence-corrected chi connectivity index (χ4v) is 1.96. The SMILES string of the molecule is [2H]C1(O)S[C@H](CO)[C@@H](O)[C@H](O)[C@H]1O. The molecule has 1 saturated heterocycles. The molecule has 1 aliphatic heterocycles. The molecule has 0 aliphatic carbocycles. The number of aliphatic hydroxyl groups excluding tert-OH is 4. The Hall–Kier alpha value is 0.150. The van der Waals surface area contributed by atoms with Gasteiger partial charge in [-0.1, -0.05) is 0 Å². The van der Waals surface area contributed by atoms with E-state index in [1.54, 1.807) is 0 Å². The Morgan fingerprint density at radius 1 is 1.08 bits per heavy atom. The molecule has 12 heavy (non-hydrogen) atoms. The summed E-state index contributed by atoms with van der Waals surface area (Å²) in [7, 11) is 0. The summed E-state index contributed by atoms with van der Waals surface area (Å²) in [6, 6.07) is 0. The van der Waals surface area contributed by atoms with Crippen LogP contribution in [0.4, 0.5) is 0 Å². The molecule has 1 aliphatic rings. The van der Waals surface area contributed by atoms with E-state index in [0.29, 0.717) is 11.8 Å². The van der Waals surface area contributed by atoms with Crippen molar-refractivity contribution in [3.05, 3.63) is 0 Å². The maximum atomic E-state index is 9.25. The normalized spacial score (nSPS) is 56.6. The first-order chi connectivity index (χ1) is 5.90. The van der Waals surface area contributed by atoms with Crippen LogP contribution in [0.3, 0.4) is 0 Å². The van der Waals surface area contributed by atoms with Crippen molar-refractivity contribution in [2.45, 2.75) is 29.0 Å². The zero-order valence-corrected chi connectivity index (χ0v) is 6.98. The lowest BCUT2D eigenvalue weighted by atomic mass is 10.0. The molecule has 0 bridgehead atoms. The summed E-state index contributed by atoms with van der Waals surface area (Å²) in [5, 5.41) is 44.7. The van der Waals surface area contributed by atoms with E-state index in [9.17, 15) is 15.3 Å². The molecular formula is C6H12O5S. The lowest BCUT2D eigenvalue weighted by Crippen LogP contribution is -2.53. The second-order valence-electron chi connectivity index (χ2n) is 2.60. The average Bonchev–Trinajstić information content (AvgIpc) is 2.08. The third kappa shape index (κ3) is 1.73. The zero-order valence-electron chi connectivity index (χ0n) is 7.16. The highest BCUT2D eigenvalue weighted by Crippen LogP contribution is 2.30. The lowest BCUT2D eigenvalue weighted by Gasteiger charge is -2.36. The van der Waals surface area contributed by atoms with Crippen LogP contribution >= 0.6 is 11.8 Å². The summed E-state index contributed by atoms with van der Waals surface area (Å²) in [6.45, 7) is -0.475. The van der Waals surface area contributed by atoms with Crippen LogP contribution in [0.1, 0.15) is 1.37 Å². The molecule has 1 rings (SSSR count). The molecule has 5 atom stereocenters. The highest BCUT2D eigenvalue weighted by Gasteiger charge is 2.42. The molecule has 1 heterocycles. The Kier molecular flexibility index (Phi) is 2.84. The van der Waals surface area contributed by atoms with Crippen LogP contribution < -0.4 is 0 Å². The summed E-state index contributed by atoms with van der Waals surface area (Å²) < 4.78 is 7.17. The Bertz CT molecular complexity index is 188. The fraction of sp³-hybridized carbons (Fsp3) is 1.00. The third-order valence-electron chi connectivity index (χ3n) is 1.76. The van der Waals surface area contributed by atoms with Crippen molar-refractivity contribution in [1.29, 1.82) is 0 Å². The van der Waals surface area contributed by atoms with Gasteiger partial charge in [0.25, 0.3) is 0 Å². The lowest BCUT2D eigenvalue weighted by molar-refractivity contribution is -0.0953. The van der Waals surface area contributed by atoms with Gasteiger partial charge in [0.1, 0.15) is 17.6 Å². The number of hydrogen-bond donors (Lipinski definition) is 5. The molecule has 0 spiro atoms.